The summed E-state index contributed by atoms with van der Waals surface area (Å²) in [5.74, 6) is -0.369. The molecule has 0 spiro atoms. The molecule has 3 nitrogen and oxygen atoms in total. The van der Waals surface area contributed by atoms with E-state index in [-0.39, 0.29) is 10.7 Å². The highest BCUT2D eigenvalue weighted by Gasteiger charge is 2.17. The Balaban J connectivity index is 2.34. The summed E-state index contributed by atoms with van der Waals surface area (Å²) in [7, 11) is -3.37. The Morgan fingerprint density at radius 2 is 1.77 bits per heavy atom. The molecule has 0 radical (unpaired) electrons. The Hall–Kier alpha value is -2.27. The molecule has 0 amide bonds. The predicted molar refractivity (Wildman–Crippen MR) is 85.0 cm³/mol. The Bertz CT molecular complexity index is 981. The quantitative estimate of drug-likeness (QED) is 0.723. The number of nitrogens with zero attached hydrogens (tertiary/aromatic N) is 1. The molecule has 0 bridgehead atoms. The summed E-state index contributed by atoms with van der Waals surface area (Å²) < 4.78 is 37.3. The number of pyridine rings is 1. The van der Waals surface area contributed by atoms with E-state index < -0.39 is 9.84 Å². The molecule has 0 fully saturated rings. The molecule has 0 N–H and O–H groups in total. The number of aryl methyl sites for hydroxylation is 1. The van der Waals surface area contributed by atoms with Crippen LogP contribution in [0, 0.1) is 12.7 Å². The molecule has 1 aromatic heterocycles. The van der Waals surface area contributed by atoms with Crippen molar-refractivity contribution in [2.24, 2.45) is 0 Å². The van der Waals surface area contributed by atoms with Gasteiger partial charge in [0, 0.05) is 23.3 Å². The van der Waals surface area contributed by atoms with Gasteiger partial charge >= 0.3 is 0 Å². The van der Waals surface area contributed by atoms with Gasteiger partial charge in [0.05, 0.1) is 16.1 Å². The highest BCUT2D eigenvalue weighted by atomic mass is 32.2. The Morgan fingerprint density at radius 1 is 1.05 bits per heavy atom. The van der Waals surface area contributed by atoms with Crippen molar-refractivity contribution in [3.63, 3.8) is 0 Å². The van der Waals surface area contributed by atoms with Crippen molar-refractivity contribution in [3.8, 4) is 11.3 Å². The number of rotatable bonds is 2. The maximum Gasteiger partial charge on any atom is 0.176 e. The van der Waals surface area contributed by atoms with Crippen molar-refractivity contribution in [1.82, 2.24) is 4.98 Å². The lowest BCUT2D eigenvalue weighted by Crippen LogP contribution is -2.01. The summed E-state index contributed by atoms with van der Waals surface area (Å²) in [4.78, 5) is 4.70. The van der Waals surface area contributed by atoms with Gasteiger partial charge in [-0.1, -0.05) is 18.2 Å². The molecule has 0 saturated carbocycles. The SMILES string of the molecule is Cc1cc2ccc(F)cc2nc1-c1ccccc1S(C)(=O)=O. The lowest BCUT2D eigenvalue weighted by atomic mass is 10.0. The Kier molecular flexibility index (Phi) is 3.45. The zero-order chi connectivity index (χ0) is 15.9. The van der Waals surface area contributed by atoms with Crippen LogP contribution in [0.1, 0.15) is 5.56 Å². The van der Waals surface area contributed by atoms with Gasteiger partial charge in [-0.3, -0.25) is 0 Å². The highest BCUT2D eigenvalue weighted by molar-refractivity contribution is 7.90. The fourth-order valence-corrected chi connectivity index (χ4v) is 3.39. The topological polar surface area (TPSA) is 47.0 Å². The van der Waals surface area contributed by atoms with Crippen LogP contribution in [0.2, 0.25) is 0 Å². The first-order valence-electron chi connectivity index (χ1n) is 6.72. The second kappa shape index (κ2) is 5.18. The fraction of sp³-hybridized carbons (Fsp3) is 0.118. The summed E-state index contributed by atoms with van der Waals surface area (Å²) in [6.45, 7) is 1.87. The first-order chi connectivity index (χ1) is 10.4. The minimum absolute atomic E-state index is 0.223. The normalized spacial score (nSPS) is 11.8. The van der Waals surface area contributed by atoms with Gasteiger partial charge in [-0.05, 0) is 36.8 Å². The van der Waals surface area contributed by atoms with Crippen LogP contribution >= 0.6 is 0 Å². The molecule has 0 atom stereocenters. The molecule has 0 aliphatic carbocycles. The van der Waals surface area contributed by atoms with Crippen molar-refractivity contribution in [1.29, 1.82) is 0 Å². The first kappa shape index (κ1) is 14.7. The Labute approximate surface area is 128 Å². The van der Waals surface area contributed by atoms with E-state index in [9.17, 15) is 12.8 Å². The zero-order valence-electron chi connectivity index (χ0n) is 12.2. The second-order valence-electron chi connectivity index (χ2n) is 5.26. The van der Waals surface area contributed by atoms with Crippen LogP contribution in [0.5, 0.6) is 0 Å². The standard InChI is InChI=1S/C17H14FNO2S/c1-11-9-12-7-8-13(18)10-15(12)19-17(11)14-5-3-4-6-16(14)22(2,20)21/h3-10H,1-2H3. The molecule has 112 valence electrons. The van der Waals surface area contributed by atoms with Gasteiger partial charge in [0.15, 0.2) is 9.84 Å². The van der Waals surface area contributed by atoms with Crippen LogP contribution in [0.15, 0.2) is 53.4 Å². The molecule has 3 aromatic rings. The molecule has 22 heavy (non-hydrogen) atoms. The molecule has 0 unspecified atom stereocenters. The molecular weight excluding hydrogens is 301 g/mol. The fourth-order valence-electron chi connectivity index (χ4n) is 2.50. The Morgan fingerprint density at radius 3 is 2.50 bits per heavy atom. The number of fused-ring (bicyclic) bond motifs is 1. The van der Waals surface area contributed by atoms with E-state index in [1.807, 2.05) is 13.0 Å². The van der Waals surface area contributed by atoms with E-state index in [0.717, 1.165) is 10.9 Å². The minimum atomic E-state index is -3.37. The molecule has 0 aliphatic rings. The van der Waals surface area contributed by atoms with E-state index >= 15 is 0 Å². The molecule has 0 saturated heterocycles. The number of sulfone groups is 1. The monoisotopic (exact) mass is 315 g/mol. The summed E-state index contributed by atoms with van der Waals surface area (Å²) in [6, 6.07) is 13.0. The zero-order valence-corrected chi connectivity index (χ0v) is 13.0. The third kappa shape index (κ3) is 2.60. The molecule has 2 aromatic carbocycles. The largest absolute Gasteiger partial charge is 0.247 e. The average molecular weight is 315 g/mol. The molecule has 1 heterocycles. The van der Waals surface area contributed by atoms with E-state index in [2.05, 4.69) is 4.98 Å². The van der Waals surface area contributed by atoms with Crippen LogP contribution in [0.4, 0.5) is 4.39 Å². The van der Waals surface area contributed by atoms with Gasteiger partial charge in [-0.25, -0.2) is 17.8 Å². The highest BCUT2D eigenvalue weighted by Crippen LogP contribution is 2.30. The van der Waals surface area contributed by atoms with Gasteiger partial charge in [-0.2, -0.15) is 0 Å². The van der Waals surface area contributed by atoms with E-state index in [1.54, 1.807) is 30.3 Å². The van der Waals surface area contributed by atoms with Gasteiger partial charge in [0.25, 0.3) is 0 Å². The summed E-state index contributed by atoms with van der Waals surface area (Å²) >= 11 is 0. The third-order valence-electron chi connectivity index (χ3n) is 3.51. The van der Waals surface area contributed by atoms with Gasteiger partial charge in [0.1, 0.15) is 5.82 Å². The molecule has 5 heteroatoms. The lowest BCUT2D eigenvalue weighted by Gasteiger charge is -2.11. The van der Waals surface area contributed by atoms with Gasteiger partial charge < -0.3 is 0 Å². The number of benzene rings is 2. The third-order valence-corrected chi connectivity index (χ3v) is 4.67. The number of hydrogen-bond acceptors (Lipinski definition) is 3. The van der Waals surface area contributed by atoms with Crippen molar-refractivity contribution in [2.75, 3.05) is 6.26 Å². The first-order valence-corrected chi connectivity index (χ1v) is 8.62. The summed E-state index contributed by atoms with van der Waals surface area (Å²) in [5.41, 5.74) is 2.44. The van der Waals surface area contributed by atoms with Crippen LogP contribution in [-0.4, -0.2) is 19.7 Å². The van der Waals surface area contributed by atoms with Gasteiger partial charge in [-0.15, -0.1) is 0 Å². The van der Waals surface area contributed by atoms with Crippen molar-refractivity contribution in [3.05, 3.63) is 59.9 Å². The van der Waals surface area contributed by atoms with E-state index in [1.165, 1.54) is 18.4 Å². The lowest BCUT2D eigenvalue weighted by molar-refractivity contribution is 0.602. The molecule has 3 rings (SSSR count). The van der Waals surface area contributed by atoms with Crippen molar-refractivity contribution >= 4 is 20.7 Å². The van der Waals surface area contributed by atoms with Crippen LogP contribution in [0.3, 0.4) is 0 Å². The average Bonchev–Trinajstić information content (AvgIpc) is 2.46. The number of aromatic nitrogens is 1. The van der Waals surface area contributed by atoms with Gasteiger partial charge in [0.2, 0.25) is 0 Å². The van der Waals surface area contributed by atoms with Crippen molar-refractivity contribution in [2.45, 2.75) is 11.8 Å². The molecule has 0 aliphatic heterocycles. The molecular formula is C17H14FNO2S. The number of halogens is 1. The maximum atomic E-state index is 13.4. The number of hydrogen-bond donors (Lipinski definition) is 0. The van der Waals surface area contributed by atoms with Crippen LogP contribution < -0.4 is 0 Å². The van der Waals surface area contributed by atoms with Crippen LogP contribution in [0.25, 0.3) is 22.2 Å². The summed E-state index contributed by atoms with van der Waals surface area (Å²) in [5, 5.41) is 0.819. The van der Waals surface area contributed by atoms with E-state index in [0.29, 0.717) is 16.8 Å². The maximum absolute atomic E-state index is 13.4. The predicted octanol–water partition coefficient (Wildman–Crippen LogP) is 3.75. The van der Waals surface area contributed by atoms with E-state index in [4.69, 9.17) is 0 Å². The van der Waals surface area contributed by atoms with Crippen LogP contribution in [-0.2, 0) is 9.84 Å². The summed E-state index contributed by atoms with van der Waals surface area (Å²) in [6.07, 6.45) is 1.17. The second-order valence-corrected chi connectivity index (χ2v) is 7.24. The smallest absolute Gasteiger partial charge is 0.176 e. The van der Waals surface area contributed by atoms with Crippen molar-refractivity contribution < 1.29 is 12.8 Å². The minimum Gasteiger partial charge on any atom is -0.247 e.